The smallest absolute Gasteiger partial charge is 0.253 e. The zero-order chi connectivity index (χ0) is 15.8. The van der Waals surface area contributed by atoms with E-state index in [0.717, 1.165) is 32.1 Å². The Labute approximate surface area is 131 Å². The Morgan fingerprint density at radius 2 is 1.82 bits per heavy atom. The molecule has 22 heavy (non-hydrogen) atoms. The molecule has 2 N–H and O–H groups in total. The van der Waals surface area contributed by atoms with E-state index in [2.05, 4.69) is 22.5 Å². The van der Waals surface area contributed by atoms with Gasteiger partial charge in [0.1, 0.15) is 0 Å². The molecule has 0 aliphatic heterocycles. The first-order valence-electron chi connectivity index (χ1n) is 8.25. The highest BCUT2D eigenvalue weighted by molar-refractivity contribution is 5.99. The maximum atomic E-state index is 12.2. The van der Waals surface area contributed by atoms with Gasteiger partial charge in [-0.25, -0.2) is 0 Å². The number of nitrogens with one attached hydrogen (secondary N) is 2. The lowest BCUT2D eigenvalue weighted by Gasteiger charge is -2.12. The van der Waals surface area contributed by atoms with Gasteiger partial charge in [0, 0.05) is 25.0 Å². The molecular weight excluding hydrogens is 278 g/mol. The van der Waals surface area contributed by atoms with E-state index in [9.17, 15) is 9.59 Å². The monoisotopic (exact) mass is 303 g/mol. The second-order valence-corrected chi connectivity index (χ2v) is 5.88. The number of carbonyl (C=O) groups excluding carboxylic acids is 2. The summed E-state index contributed by atoms with van der Waals surface area (Å²) >= 11 is 0. The lowest BCUT2D eigenvalue weighted by Crippen LogP contribution is -2.33. The van der Waals surface area contributed by atoms with Crippen LogP contribution >= 0.6 is 0 Å². The minimum Gasteiger partial charge on any atom is -0.352 e. The number of unbranched alkanes of at least 4 members (excludes halogenated alkanes) is 2. The third kappa shape index (κ3) is 4.83. The number of amides is 2. The fourth-order valence-corrected chi connectivity index (χ4v) is 2.71. The summed E-state index contributed by atoms with van der Waals surface area (Å²) in [5, 5.41) is 5.87. The van der Waals surface area contributed by atoms with Crippen molar-refractivity contribution in [2.24, 2.45) is 0 Å². The summed E-state index contributed by atoms with van der Waals surface area (Å²) in [5.74, 6) is -0.306. The zero-order valence-corrected chi connectivity index (χ0v) is 13.2. The van der Waals surface area contributed by atoms with Gasteiger partial charge in [-0.15, -0.1) is 0 Å². The molecule has 2 amide bonds. The van der Waals surface area contributed by atoms with E-state index >= 15 is 0 Å². The Bertz CT molecular complexity index is 510. The summed E-state index contributed by atoms with van der Waals surface area (Å²) < 4.78 is 0. The maximum Gasteiger partial charge on any atom is 0.253 e. The van der Waals surface area contributed by atoms with Crippen LogP contribution in [0.15, 0.2) is 18.5 Å². The van der Waals surface area contributed by atoms with Crippen molar-refractivity contribution >= 4 is 11.8 Å². The third-order valence-corrected chi connectivity index (χ3v) is 4.02. The lowest BCUT2D eigenvalue weighted by atomic mass is 10.1. The number of hydrogen-bond acceptors (Lipinski definition) is 3. The Morgan fingerprint density at radius 1 is 1.14 bits per heavy atom. The molecule has 1 aromatic heterocycles. The molecule has 5 heteroatoms. The average Bonchev–Trinajstić information content (AvgIpc) is 3.04. The van der Waals surface area contributed by atoms with E-state index in [4.69, 9.17) is 0 Å². The van der Waals surface area contributed by atoms with Gasteiger partial charge in [-0.3, -0.25) is 14.6 Å². The minimum atomic E-state index is -0.167. The van der Waals surface area contributed by atoms with Gasteiger partial charge in [0.05, 0.1) is 11.1 Å². The summed E-state index contributed by atoms with van der Waals surface area (Å²) in [6.07, 6.45) is 10.6. The number of hydrogen-bond donors (Lipinski definition) is 2. The highest BCUT2D eigenvalue weighted by Gasteiger charge is 2.18. The molecule has 2 rings (SSSR count). The number of aromatic nitrogens is 1. The fourth-order valence-electron chi connectivity index (χ4n) is 2.71. The second-order valence-electron chi connectivity index (χ2n) is 5.88. The van der Waals surface area contributed by atoms with Gasteiger partial charge in [0.15, 0.2) is 0 Å². The molecular formula is C17H25N3O2. The summed E-state index contributed by atoms with van der Waals surface area (Å²) in [5.41, 5.74) is 0.892. The summed E-state index contributed by atoms with van der Waals surface area (Å²) in [4.78, 5) is 28.3. The van der Waals surface area contributed by atoms with Gasteiger partial charge in [-0.2, -0.15) is 0 Å². The first-order valence-corrected chi connectivity index (χ1v) is 8.25. The van der Waals surface area contributed by atoms with E-state index in [1.165, 1.54) is 25.2 Å². The van der Waals surface area contributed by atoms with Crippen LogP contribution in [0, 0.1) is 0 Å². The van der Waals surface area contributed by atoms with E-state index < -0.39 is 0 Å². The molecule has 1 aromatic rings. The zero-order valence-electron chi connectivity index (χ0n) is 13.2. The molecule has 0 saturated heterocycles. The van der Waals surface area contributed by atoms with E-state index in [0.29, 0.717) is 17.7 Å². The summed E-state index contributed by atoms with van der Waals surface area (Å²) in [7, 11) is 0. The van der Waals surface area contributed by atoms with Crippen molar-refractivity contribution in [2.75, 3.05) is 6.54 Å². The van der Waals surface area contributed by atoms with Crippen molar-refractivity contribution in [3.05, 3.63) is 29.6 Å². The maximum absolute atomic E-state index is 12.2. The number of carbonyl (C=O) groups is 2. The molecule has 120 valence electrons. The standard InChI is InChI=1S/C17H25N3O2/c1-2-3-6-9-19-16(21)13-10-14(12-18-11-13)17(22)20-15-7-4-5-8-15/h10-12,15H,2-9H2,1H3,(H,19,21)(H,20,22). The van der Waals surface area contributed by atoms with E-state index in [1.54, 1.807) is 6.07 Å². The summed E-state index contributed by atoms with van der Waals surface area (Å²) in [6.45, 7) is 2.78. The largest absolute Gasteiger partial charge is 0.352 e. The van der Waals surface area contributed by atoms with Gasteiger partial charge in [0.2, 0.25) is 0 Å². The minimum absolute atomic E-state index is 0.139. The van der Waals surface area contributed by atoms with Crippen molar-refractivity contribution in [3.63, 3.8) is 0 Å². The topological polar surface area (TPSA) is 71.1 Å². The van der Waals surface area contributed by atoms with Crippen LogP contribution in [0.4, 0.5) is 0 Å². The first-order chi connectivity index (χ1) is 10.7. The molecule has 0 aromatic carbocycles. The van der Waals surface area contributed by atoms with Gasteiger partial charge in [-0.1, -0.05) is 32.6 Å². The Balaban J connectivity index is 1.90. The average molecular weight is 303 g/mol. The first kappa shape index (κ1) is 16.5. The van der Waals surface area contributed by atoms with E-state index in [-0.39, 0.29) is 17.9 Å². The van der Waals surface area contributed by atoms with Crippen LogP contribution in [-0.2, 0) is 0 Å². The number of nitrogens with zero attached hydrogens (tertiary/aromatic N) is 1. The Morgan fingerprint density at radius 3 is 2.50 bits per heavy atom. The third-order valence-electron chi connectivity index (χ3n) is 4.02. The summed E-state index contributed by atoms with van der Waals surface area (Å²) in [6, 6.07) is 1.88. The van der Waals surface area contributed by atoms with Crippen molar-refractivity contribution in [1.82, 2.24) is 15.6 Å². The molecule has 0 bridgehead atoms. The highest BCUT2D eigenvalue weighted by atomic mass is 16.2. The van der Waals surface area contributed by atoms with Gasteiger partial charge < -0.3 is 10.6 Å². The molecule has 0 atom stereocenters. The van der Waals surface area contributed by atoms with Crippen molar-refractivity contribution in [3.8, 4) is 0 Å². The van der Waals surface area contributed by atoms with Crippen molar-refractivity contribution in [2.45, 2.75) is 57.9 Å². The molecule has 1 heterocycles. The van der Waals surface area contributed by atoms with Crippen LogP contribution in [0.2, 0.25) is 0 Å². The van der Waals surface area contributed by atoms with Gasteiger partial charge >= 0.3 is 0 Å². The second kappa shape index (κ2) is 8.51. The Hall–Kier alpha value is -1.91. The molecule has 0 spiro atoms. The number of rotatable bonds is 7. The van der Waals surface area contributed by atoms with Crippen molar-refractivity contribution in [1.29, 1.82) is 0 Å². The fraction of sp³-hybridized carbons (Fsp3) is 0.588. The van der Waals surface area contributed by atoms with Gasteiger partial charge in [-0.05, 0) is 25.3 Å². The lowest BCUT2D eigenvalue weighted by molar-refractivity contribution is 0.0937. The quantitative estimate of drug-likeness (QED) is 0.761. The molecule has 0 unspecified atom stereocenters. The van der Waals surface area contributed by atoms with Crippen LogP contribution in [-0.4, -0.2) is 29.4 Å². The Kier molecular flexibility index (Phi) is 6.37. The molecule has 5 nitrogen and oxygen atoms in total. The normalized spacial score (nSPS) is 14.8. The van der Waals surface area contributed by atoms with Crippen LogP contribution in [0.5, 0.6) is 0 Å². The van der Waals surface area contributed by atoms with E-state index in [1.807, 2.05) is 0 Å². The van der Waals surface area contributed by atoms with Crippen LogP contribution < -0.4 is 10.6 Å². The SMILES string of the molecule is CCCCCNC(=O)c1cncc(C(=O)NC2CCCC2)c1. The predicted octanol–water partition coefficient (Wildman–Crippen LogP) is 2.67. The van der Waals surface area contributed by atoms with Gasteiger partial charge in [0.25, 0.3) is 11.8 Å². The molecule has 0 radical (unpaired) electrons. The molecule has 1 fully saturated rings. The number of pyridine rings is 1. The van der Waals surface area contributed by atoms with Crippen LogP contribution in [0.1, 0.15) is 72.6 Å². The van der Waals surface area contributed by atoms with Crippen LogP contribution in [0.25, 0.3) is 0 Å². The molecule has 1 aliphatic rings. The highest BCUT2D eigenvalue weighted by Crippen LogP contribution is 2.18. The van der Waals surface area contributed by atoms with Crippen LogP contribution in [0.3, 0.4) is 0 Å². The predicted molar refractivity (Wildman–Crippen MR) is 85.8 cm³/mol. The molecule has 1 saturated carbocycles. The molecule has 1 aliphatic carbocycles. The van der Waals surface area contributed by atoms with Crippen molar-refractivity contribution < 1.29 is 9.59 Å².